The van der Waals surface area contributed by atoms with E-state index in [1.54, 1.807) is 11.3 Å². The van der Waals surface area contributed by atoms with Gasteiger partial charge in [-0.2, -0.15) is 5.26 Å². The van der Waals surface area contributed by atoms with Crippen LogP contribution in [0.4, 0.5) is 0 Å². The summed E-state index contributed by atoms with van der Waals surface area (Å²) in [6.07, 6.45) is 6.58. The first-order chi connectivity index (χ1) is 8.31. The molecule has 3 heterocycles. The maximum Gasteiger partial charge on any atom is 0.193 e. The van der Waals surface area contributed by atoms with E-state index in [4.69, 9.17) is 4.74 Å². The van der Waals surface area contributed by atoms with Crippen LogP contribution >= 0.6 is 11.3 Å². The van der Waals surface area contributed by atoms with Crippen molar-refractivity contribution >= 4 is 16.3 Å². The zero-order valence-corrected chi connectivity index (χ0v) is 10.2. The first-order valence-electron chi connectivity index (χ1n) is 5.71. The van der Waals surface area contributed by atoms with Gasteiger partial charge in [-0.1, -0.05) is 0 Å². The van der Waals surface area contributed by atoms with E-state index in [2.05, 4.69) is 11.1 Å². The molecular formula is C12H13N3OS. The Morgan fingerprint density at radius 3 is 3.29 bits per heavy atom. The van der Waals surface area contributed by atoms with Crippen molar-refractivity contribution in [3.8, 4) is 6.07 Å². The van der Waals surface area contributed by atoms with Crippen LogP contribution in [-0.2, 0) is 11.2 Å². The summed E-state index contributed by atoms with van der Waals surface area (Å²) in [5.74, 6) is 0. The standard InChI is InChI=1S/C12H13N3OS/c13-8-12(2-1-4-16-9-12)6-10-7-15-3-5-17-11(15)14-10/h3,5,7H,1-2,4,6,9H2. The van der Waals surface area contributed by atoms with Gasteiger partial charge in [0, 0.05) is 30.8 Å². The molecule has 0 N–H and O–H groups in total. The molecule has 2 aromatic rings. The molecule has 17 heavy (non-hydrogen) atoms. The molecule has 2 aromatic heterocycles. The Kier molecular flexibility index (Phi) is 2.61. The molecule has 5 heteroatoms. The summed E-state index contributed by atoms with van der Waals surface area (Å²) in [6.45, 7) is 1.32. The quantitative estimate of drug-likeness (QED) is 0.818. The van der Waals surface area contributed by atoms with Gasteiger partial charge in [0.2, 0.25) is 0 Å². The molecule has 0 aliphatic carbocycles. The van der Waals surface area contributed by atoms with E-state index in [-0.39, 0.29) is 5.41 Å². The fraction of sp³-hybridized carbons (Fsp3) is 0.500. The Labute approximate surface area is 103 Å². The van der Waals surface area contributed by atoms with Gasteiger partial charge in [0.15, 0.2) is 4.96 Å². The van der Waals surface area contributed by atoms with Gasteiger partial charge in [-0.3, -0.25) is 4.40 Å². The van der Waals surface area contributed by atoms with Crippen molar-refractivity contribution in [3.63, 3.8) is 0 Å². The van der Waals surface area contributed by atoms with Crippen LogP contribution in [0, 0.1) is 16.7 Å². The van der Waals surface area contributed by atoms with Crippen molar-refractivity contribution in [2.45, 2.75) is 19.3 Å². The van der Waals surface area contributed by atoms with Gasteiger partial charge in [-0.05, 0) is 12.8 Å². The van der Waals surface area contributed by atoms with Gasteiger partial charge in [0.25, 0.3) is 0 Å². The van der Waals surface area contributed by atoms with E-state index < -0.39 is 0 Å². The third kappa shape index (κ3) is 1.94. The number of nitriles is 1. The molecular weight excluding hydrogens is 234 g/mol. The van der Waals surface area contributed by atoms with Crippen molar-refractivity contribution < 1.29 is 4.74 Å². The van der Waals surface area contributed by atoms with Crippen molar-refractivity contribution in [3.05, 3.63) is 23.5 Å². The lowest BCUT2D eigenvalue weighted by molar-refractivity contribution is 0.0220. The van der Waals surface area contributed by atoms with E-state index in [0.717, 1.165) is 30.1 Å². The largest absolute Gasteiger partial charge is 0.380 e. The second-order valence-electron chi connectivity index (χ2n) is 4.55. The third-order valence-corrected chi connectivity index (χ3v) is 3.99. The van der Waals surface area contributed by atoms with Crippen LogP contribution in [-0.4, -0.2) is 22.6 Å². The second-order valence-corrected chi connectivity index (χ2v) is 5.42. The van der Waals surface area contributed by atoms with E-state index >= 15 is 0 Å². The van der Waals surface area contributed by atoms with Crippen molar-refractivity contribution in [2.24, 2.45) is 5.41 Å². The lowest BCUT2D eigenvalue weighted by Crippen LogP contribution is -2.32. The molecule has 0 radical (unpaired) electrons. The fourth-order valence-electron chi connectivity index (χ4n) is 2.33. The van der Waals surface area contributed by atoms with Crippen molar-refractivity contribution in [1.82, 2.24) is 9.38 Å². The highest BCUT2D eigenvalue weighted by atomic mass is 32.1. The predicted octanol–water partition coefficient (Wildman–Crippen LogP) is 2.26. The average molecular weight is 247 g/mol. The van der Waals surface area contributed by atoms with Crippen LogP contribution in [0.3, 0.4) is 0 Å². The Morgan fingerprint density at radius 2 is 2.59 bits per heavy atom. The minimum absolute atomic E-state index is 0.373. The summed E-state index contributed by atoms with van der Waals surface area (Å²) in [5, 5.41) is 11.4. The summed E-state index contributed by atoms with van der Waals surface area (Å²) in [7, 11) is 0. The number of rotatable bonds is 2. The number of hydrogen-bond donors (Lipinski definition) is 0. The number of ether oxygens (including phenoxy) is 1. The lowest BCUT2D eigenvalue weighted by Gasteiger charge is -2.29. The minimum Gasteiger partial charge on any atom is -0.380 e. The maximum absolute atomic E-state index is 9.37. The van der Waals surface area contributed by atoms with E-state index in [1.807, 2.05) is 22.2 Å². The Bertz CT molecular complexity index is 531. The highest BCUT2D eigenvalue weighted by Crippen LogP contribution is 2.31. The normalized spacial score (nSPS) is 24.9. The molecule has 1 atom stereocenters. The number of hydrogen-bond acceptors (Lipinski definition) is 4. The SMILES string of the molecule is N#CC1(Cc2cn3ccsc3n2)CCCOC1. The number of nitrogens with zero attached hydrogens (tertiary/aromatic N) is 3. The molecule has 3 rings (SSSR count). The average Bonchev–Trinajstić information content (AvgIpc) is 2.91. The Balaban J connectivity index is 1.85. The molecule has 1 aliphatic heterocycles. The van der Waals surface area contributed by atoms with E-state index in [9.17, 15) is 5.26 Å². The van der Waals surface area contributed by atoms with Gasteiger partial charge in [0.05, 0.1) is 23.8 Å². The van der Waals surface area contributed by atoms with Crippen LogP contribution < -0.4 is 0 Å². The fourth-order valence-corrected chi connectivity index (χ4v) is 3.05. The van der Waals surface area contributed by atoms with E-state index in [0.29, 0.717) is 13.0 Å². The number of fused-ring (bicyclic) bond motifs is 1. The summed E-state index contributed by atoms with van der Waals surface area (Å²) in [5.41, 5.74) is 0.617. The van der Waals surface area contributed by atoms with Crippen LogP contribution in [0.2, 0.25) is 0 Å². The molecule has 1 aliphatic rings. The Hall–Kier alpha value is -1.38. The number of aromatic nitrogens is 2. The minimum atomic E-state index is -0.373. The van der Waals surface area contributed by atoms with Crippen LogP contribution in [0.1, 0.15) is 18.5 Å². The van der Waals surface area contributed by atoms with Crippen LogP contribution in [0.5, 0.6) is 0 Å². The van der Waals surface area contributed by atoms with Gasteiger partial charge in [-0.15, -0.1) is 11.3 Å². The zero-order valence-electron chi connectivity index (χ0n) is 9.43. The summed E-state index contributed by atoms with van der Waals surface area (Å²) < 4.78 is 7.46. The van der Waals surface area contributed by atoms with E-state index in [1.165, 1.54) is 0 Å². The van der Waals surface area contributed by atoms with Crippen LogP contribution in [0.15, 0.2) is 17.8 Å². The summed E-state index contributed by atoms with van der Waals surface area (Å²) in [4.78, 5) is 5.53. The highest BCUT2D eigenvalue weighted by molar-refractivity contribution is 7.15. The van der Waals surface area contributed by atoms with Crippen molar-refractivity contribution in [2.75, 3.05) is 13.2 Å². The zero-order chi connectivity index (χ0) is 11.7. The van der Waals surface area contributed by atoms with Crippen LogP contribution in [0.25, 0.3) is 4.96 Å². The predicted molar refractivity (Wildman–Crippen MR) is 64.9 cm³/mol. The van der Waals surface area contributed by atoms with Gasteiger partial charge < -0.3 is 4.74 Å². The second kappa shape index (κ2) is 4.13. The van der Waals surface area contributed by atoms with Gasteiger partial charge in [0.1, 0.15) is 0 Å². The lowest BCUT2D eigenvalue weighted by atomic mass is 9.80. The molecule has 0 bridgehead atoms. The van der Waals surface area contributed by atoms with Gasteiger partial charge in [-0.25, -0.2) is 4.98 Å². The molecule has 0 amide bonds. The van der Waals surface area contributed by atoms with Crippen molar-refractivity contribution in [1.29, 1.82) is 5.26 Å². The van der Waals surface area contributed by atoms with Gasteiger partial charge >= 0.3 is 0 Å². The molecule has 1 unspecified atom stereocenters. The molecule has 4 nitrogen and oxygen atoms in total. The maximum atomic E-state index is 9.37. The first kappa shape index (κ1) is 10.8. The number of imidazole rings is 1. The summed E-state index contributed by atoms with van der Waals surface area (Å²) >= 11 is 1.61. The monoisotopic (exact) mass is 247 g/mol. The Morgan fingerprint density at radius 1 is 1.65 bits per heavy atom. The molecule has 88 valence electrons. The molecule has 1 fully saturated rings. The molecule has 1 saturated heterocycles. The number of thiazole rings is 1. The third-order valence-electron chi connectivity index (χ3n) is 3.22. The molecule has 0 aromatic carbocycles. The molecule has 0 spiro atoms. The molecule has 0 saturated carbocycles. The highest BCUT2D eigenvalue weighted by Gasteiger charge is 2.34. The smallest absolute Gasteiger partial charge is 0.193 e. The summed E-state index contributed by atoms with van der Waals surface area (Å²) in [6, 6.07) is 2.43. The topological polar surface area (TPSA) is 50.3 Å². The first-order valence-corrected chi connectivity index (χ1v) is 6.59.